The largest absolute Gasteiger partial charge is 0.350 e. The molecule has 0 atom stereocenters. The third-order valence-corrected chi connectivity index (χ3v) is 6.53. The van der Waals surface area contributed by atoms with Crippen LogP contribution in [0.1, 0.15) is 21.6 Å². The minimum atomic E-state index is -3.97. The molecule has 0 radical (unpaired) electrons. The second-order valence-electron chi connectivity index (χ2n) is 6.91. The van der Waals surface area contributed by atoms with E-state index in [4.69, 9.17) is 0 Å². The van der Waals surface area contributed by atoms with Crippen molar-refractivity contribution >= 4 is 26.6 Å². The number of fused-ring (bicyclic) bond motifs is 1. The number of benzene rings is 2. The van der Waals surface area contributed by atoms with E-state index in [2.05, 4.69) is 15.3 Å². The van der Waals surface area contributed by atoms with Gasteiger partial charge in [-0.3, -0.25) is 9.78 Å². The molecule has 0 aliphatic rings. The Hall–Kier alpha value is -3.52. The zero-order valence-electron chi connectivity index (χ0n) is 16.0. The van der Waals surface area contributed by atoms with Crippen molar-refractivity contribution in [3.8, 4) is 0 Å². The highest BCUT2D eigenvalue weighted by molar-refractivity contribution is 7.91. The van der Waals surface area contributed by atoms with Gasteiger partial charge in [0, 0.05) is 29.8 Å². The lowest BCUT2D eigenvalue weighted by molar-refractivity contribution is 0.0946. The third-order valence-electron chi connectivity index (χ3n) is 4.73. The summed E-state index contributed by atoms with van der Waals surface area (Å²) >= 11 is 0. The Balaban J connectivity index is 1.47. The number of carbonyl (C=O) groups excluding carboxylic acids is 1. The van der Waals surface area contributed by atoms with Crippen LogP contribution >= 0.6 is 0 Å². The minimum absolute atomic E-state index is 0.0107. The summed E-state index contributed by atoms with van der Waals surface area (Å²) in [5, 5.41) is 3.62. The van der Waals surface area contributed by atoms with Gasteiger partial charge in [0.25, 0.3) is 5.91 Å². The molecule has 0 aliphatic carbocycles. The highest BCUT2D eigenvalue weighted by Crippen LogP contribution is 2.24. The van der Waals surface area contributed by atoms with Crippen LogP contribution in [0.25, 0.3) is 10.9 Å². The van der Waals surface area contributed by atoms with Gasteiger partial charge in [-0.1, -0.05) is 18.2 Å². The quantitative estimate of drug-likeness (QED) is 0.511. The zero-order chi connectivity index (χ0) is 21.3. The smallest absolute Gasteiger partial charge is 0.267 e. The molecule has 6 nitrogen and oxygen atoms in total. The lowest BCUT2D eigenvalue weighted by Gasteiger charge is -2.08. The van der Waals surface area contributed by atoms with E-state index in [1.807, 2.05) is 0 Å². The molecule has 4 rings (SSSR count). The number of nitrogens with zero attached hydrogens (tertiary/aromatic N) is 1. The number of sulfone groups is 1. The summed E-state index contributed by atoms with van der Waals surface area (Å²) in [5.41, 5.74) is 2.58. The van der Waals surface area contributed by atoms with Gasteiger partial charge in [0.15, 0.2) is 0 Å². The number of H-pyrrole nitrogens is 1. The summed E-state index contributed by atoms with van der Waals surface area (Å²) in [6.45, 7) is 1.90. The number of nitrogens with one attached hydrogen (secondary N) is 2. The molecule has 0 aliphatic heterocycles. The fourth-order valence-corrected chi connectivity index (χ4v) is 4.42. The molecule has 0 unspecified atom stereocenters. The van der Waals surface area contributed by atoms with Crippen molar-refractivity contribution in [3.63, 3.8) is 0 Å². The highest BCUT2D eigenvalue weighted by Gasteiger charge is 2.21. The van der Waals surface area contributed by atoms with E-state index >= 15 is 0 Å². The first kappa shape index (κ1) is 19.8. The first-order valence-corrected chi connectivity index (χ1v) is 10.6. The summed E-state index contributed by atoms with van der Waals surface area (Å²) in [4.78, 5) is 19.0. The molecule has 2 heterocycles. The number of hydrogen-bond donors (Lipinski definition) is 2. The SMILES string of the molecule is Cc1ccc(S(=O)(=O)c2ccc(CNC(=O)c3cc4cnccc4[nH]3)cc2)c(F)c1. The first-order valence-electron chi connectivity index (χ1n) is 9.16. The molecule has 0 bridgehead atoms. The second-order valence-corrected chi connectivity index (χ2v) is 8.83. The number of rotatable bonds is 5. The maximum atomic E-state index is 14.1. The number of aromatic nitrogens is 2. The Kier molecular flexibility index (Phi) is 5.09. The standard InChI is InChI=1S/C22H18FN3O3S/c1-14-2-7-21(18(23)10-14)30(28,29)17-5-3-15(4-6-17)12-25-22(27)20-11-16-13-24-9-8-19(16)26-20/h2-11,13,26H,12H2,1H3,(H,25,27). The molecule has 30 heavy (non-hydrogen) atoms. The van der Waals surface area contributed by atoms with Crippen molar-refractivity contribution in [1.82, 2.24) is 15.3 Å². The van der Waals surface area contributed by atoms with Gasteiger partial charge in [0.05, 0.1) is 4.90 Å². The molecule has 0 saturated carbocycles. The number of carbonyl (C=O) groups is 1. The van der Waals surface area contributed by atoms with Crippen LogP contribution in [-0.2, 0) is 16.4 Å². The van der Waals surface area contributed by atoms with Gasteiger partial charge in [-0.15, -0.1) is 0 Å². The number of pyridine rings is 1. The molecule has 2 aromatic heterocycles. The number of aryl methyl sites for hydroxylation is 1. The molecule has 4 aromatic rings. The van der Waals surface area contributed by atoms with Crippen molar-refractivity contribution < 1.29 is 17.6 Å². The van der Waals surface area contributed by atoms with Crippen LogP contribution in [0.4, 0.5) is 4.39 Å². The number of halogens is 1. The molecule has 1 amide bonds. The van der Waals surface area contributed by atoms with E-state index < -0.39 is 15.7 Å². The summed E-state index contributed by atoms with van der Waals surface area (Å²) in [6, 6.07) is 13.5. The molecular weight excluding hydrogens is 405 g/mol. The van der Waals surface area contributed by atoms with Crippen LogP contribution < -0.4 is 5.32 Å². The summed E-state index contributed by atoms with van der Waals surface area (Å²) in [6.07, 6.45) is 3.30. The van der Waals surface area contributed by atoms with Crippen molar-refractivity contribution in [3.05, 3.63) is 89.6 Å². The van der Waals surface area contributed by atoms with Gasteiger partial charge in [-0.25, -0.2) is 12.8 Å². The molecule has 8 heteroatoms. The topological polar surface area (TPSA) is 91.9 Å². The summed E-state index contributed by atoms with van der Waals surface area (Å²) in [7, 11) is -3.97. The van der Waals surface area contributed by atoms with E-state index in [-0.39, 0.29) is 22.2 Å². The number of hydrogen-bond acceptors (Lipinski definition) is 4. The van der Waals surface area contributed by atoms with Gasteiger partial charge in [0.2, 0.25) is 9.84 Å². The zero-order valence-corrected chi connectivity index (χ0v) is 16.8. The van der Waals surface area contributed by atoms with E-state index in [0.29, 0.717) is 16.8 Å². The van der Waals surface area contributed by atoms with Gasteiger partial charge in [0.1, 0.15) is 16.4 Å². The summed E-state index contributed by atoms with van der Waals surface area (Å²) < 4.78 is 39.5. The first-order chi connectivity index (χ1) is 14.3. The fraction of sp³-hybridized carbons (Fsp3) is 0.0909. The lowest BCUT2D eigenvalue weighted by atomic mass is 10.2. The van der Waals surface area contributed by atoms with Crippen molar-refractivity contribution in [2.45, 2.75) is 23.3 Å². The highest BCUT2D eigenvalue weighted by atomic mass is 32.2. The van der Waals surface area contributed by atoms with Crippen molar-refractivity contribution in [2.24, 2.45) is 0 Å². The molecule has 2 N–H and O–H groups in total. The van der Waals surface area contributed by atoms with Crippen molar-refractivity contribution in [1.29, 1.82) is 0 Å². The molecule has 0 spiro atoms. The van der Waals surface area contributed by atoms with Crippen LogP contribution in [0.2, 0.25) is 0 Å². The predicted molar refractivity (Wildman–Crippen MR) is 110 cm³/mol. The molecule has 152 valence electrons. The Labute approximate surface area is 172 Å². The van der Waals surface area contributed by atoms with Crippen LogP contribution in [-0.4, -0.2) is 24.3 Å². The third kappa shape index (κ3) is 3.81. The van der Waals surface area contributed by atoms with E-state index in [9.17, 15) is 17.6 Å². The van der Waals surface area contributed by atoms with Crippen LogP contribution in [0.5, 0.6) is 0 Å². The maximum absolute atomic E-state index is 14.1. The van der Waals surface area contributed by atoms with Crippen LogP contribution in [0.15, 0.2) is 76.8 Å². The Morgan fingerprint density at radius 3 is 2.57 bits per heavy atom. The fourth-order valence-electron chi connectivity index (χ4n) is 3.11. The van der Waals surface area contributed by atoms with Crippen LogP contribution in [0.3, 0.4) is 0 Å². The average Bonchev–Trinajstić information content (AvgIpc) is 3.16. The Bertz CT molecular complexity index is 1310. The minimum Gasteiger partial charge on any atom is -0.350 e. The lowest BCUT2D eigenvalue weighted by Crippen LogP contribution is -2.23. The maximum Gasteiger partial charge on any atom is 0.267 e. The van der Waals surface area contributed by atoms with E-state index in [1.165, 1.54) is 24.3 Å². The molecular formula is C22H18FN3O3S. The van der Waals surface area contributed by atoms with Crippen molar-refractivity contribution in [2.75, 3.05) is 0 Å². The second kappa shape index (κ2) is 7.72. The van der Waals surface area contributed by atoms with Gasteiger partial charge in [-0.05, 0) is 54.4 Å². The van der Waals surface area contributed by atoms with Crippen LogP contribution in [0, 0.1) is 12.7 Å². The number of aromatic amines is 1. The van der Waals surface area contributed by atoms with E-state index in [0.717, 1.165) is 10.9 Å². The number of amides is 1. The Morgan fingerprint density at radius 2 is 1.87 bits per heavy atom. The molecule has 0 fully saturated rings. The Morgan fingerprint density at radius 1 is 1.10 bits per heavy atom. The van der Waals surface area contributed by atoms with Gasteiger partial charge < -0.3 is 10.3 Å². The van der Waals surface area contributed by atoms with E-state index in [1.54, 1.807) is 49.6 Å². The predicted octanol–water partition coefficient (Wildman–Crippen LogP) is 3.77. The van der Waals surface area contributed by atoms with Gasteiger partial charge >= 0.3 is 0 Å². The average molecular weight is 423 g/mol. The molecule has 2 aromatic carbocycles. The van der Waals surface area contributed by atoms with Gasteiger partial charge in [-0.2, -0.15) is 0 Å². The summed E-state index contributed by atoms with van der Waals surface area (Å²) in [5.74, 6) is -1.07. The monoisotopic (exact) mass is 423 g/mol. The molecule has 0 saturated heterocycles. The normalized spacial score (nSPS) is 11.5.